The largest absolute Gasteiger partial charge is 0.438 e. The summed E-state index contributed by atoms with van der Waals surface area (Å²) < 4.78 is 34.2. The predicted octanol–water partition coefficient (Wildman–Crippen LogP) is 4.53. The number of nitrogens with zero attached hydrogens (tertiary/aromatic N) is 5. The van der Waals surface area contributed by atoms with Crippen molar-refractivity contribution in [1.82, 2.24) is 24.8 Å². The first-order valence-corrected chi connectivity index (χ1v) is 21.4. The van der Waals surface area contributed by atoms with Gasteiger partial charge in [0.2, 0.25) is 0 Å². The summed E-state index contributed by atoms with van der Waals surface area (Å²) in [5.41, 5.74) is 12.9. The molecule has 15 unspecified atom stereocenters. The number of aryl methyl sites for hydroxylation is 1. The maximum absolute atomic E-state index is 13.9. The number of nitrogens with two attached hydrogens (primary N) is 2. The summed E-state index contributed by atoms with van der Waals surface area (Å²) in [6.07, 6.45) is -0.00302. The van der Waals surface area contributed by atoms with Gasteiger partial charge in [-0.3, -0.25) is 9.58 Å². The Labute approximate surface area is 346 Å². The zero-order valence-corrected chi connectivity index (χ0v) is 36.8. The highest BCUT2D eigenvalue weighted by Gasteiger charge is 2.58. The van der Waals surface area contributed by atoms with Crippen LogP contribution in [0.25, 0.3) is 11.3 Å². The van der Waals surface area contributed by atoms with Crippen molar-refractivity contribution in [3.63, 3.8) is 0 Å². The van der Waals surface area contributed by atoms with Gasteiger partial charge in [0, 0.05) is 61.9 Å². The van der Waals surface area contributed by atoms with Gasteiger partial charge in [-0.05, 0) is 84.4 Å². The van der Waals surface area contributed by atoms with Gasteiger partial charge in [-0.15, -0.1) is 5.10 Å². The summed E-state index contributed by atoms with van der Waals surface area (Å²) in [6.45, 7) is 20.2. The van der Waals surface area contributed by atoms with Crippen LogP contribution in [0.15, 0.2) is 30.5 Å². The monoisotopic (exact) mass is 816 g/mol. The number of unbranched alkanes of at least 4 members (excludes halogenated alkanes) is 1. The number of fused-ring (bicyclic) bond motifs is 1. The zero-order chi connectivity index (χ0) is 42.7. The van der Waals surface area contributed by atoms with Crippen molar-refractivity contribution in [3.05, 3.63) is 30.5 Å². The second kappa shape index (κ2) is 19.2. The molecule has 58 heavy (non-hydrogen) atoms. The van der Waals surface area contributed by atoms with E-state index in [1.54, 1.807) is 7.11 Å². The van der Waals surface area contributed by atoms with Crippen LogP contribution in [0.1, 0.15) is 88.0 Å². The minimum absolute atomic E-state index is 0.0632. The van der Waals surface area contributed by atoms with Gasteiger partial charge in [0.15, 0.2) is 11.9 Å². The Morgan fingerprint density at radius 1 is 1.03 bits per heavy atom. The SMILES string of the molecule is CCC1OCC(C)C(O)C(C)C(OC2OC(C)C(C)C(N)C2O)C(C)(OC)CC(C)CN(C)C(C)C2N(CCCCn3cc(-c4cccc(N)c4)nn3)C(=O)OC12C. The third-order valence-corrected chi connectivity index (χ3v) is 13.6. The molecule has 3 aliphatic rings. The van der Waals surface area contributed by atoms with E-state index in [0.717, 1.165) is 24.1 Å². The normalized spacial score (nSPS) is 39.8. The van der Waals surface area contributed by atoms with Gasteiger partial charge in [0.05, 0.1) is 48.9 Å². The maximum atomic E-state index is 13.9. The average Bonchev–Trinajstić information content (AvgIpc) is 3.76. The molecule has 0 aliphatic carbocycles. The summed E-state index contributed by atoms with van der Waals surface area (Å²) >= 11 is 0. The van der Waals surface area contributed by atoms with Crippen molar-refractivity contribution in [3.8, 4) is 11.3 Å². The number of anilines is 1. The first kappa shape index (κ1) is 46.2. The third kappa shape index (κ3) is 9.83. The lowest BCUT2D eigenvalue weighted by Gasteiger charge is -2.48. The molecule has 15 atom stereocenters. The van der Waals surface area contributed by atoms with E-state index in [2.05, 4.69) is 36.1 Å². The van der Waals surface area contributed by atoms with E-state index in [1.807, 2.05) is 88.5 Å². The van der Waals surface area contributed by atoms with Crippen molar-refractivity contribution in [2.45, 2.75) is 161 Å². The average molecular weight is 816 g/mol. The van der Waals surface area contributed by atoms with Crippen LogP contribution in [0.5, 0.6) is 0 Å². The van der Waals surface area contributed by atoms with Crippen LogP contribution in [-0.2, 0) is 30.2 Å². The molecule has 1 aromatic carbocycles. The third-order valence-electron chi connectivity index (χ3n) is 13.6. The standard InChI is InChI=1S/C43H73N7O8/c1-12-34-43(9)38(50(41(53)58-43)19-14-13-18-49-23-33(46-47-49)31-16-15-17-32(44)20-31)29(6)48(10)22-25(2)21-42(8,54-11)39(28(5)36(51)26(3)24-55-34)57-40-37(52)35(45)27(4)30(7)56-40/h15-17,20,23,25-30,34-40,51-52H,12-14,18-19,21-22,24,44-45H2,1-11H3. The van der Waals surface area contributed by atoms with Crippen molar-refractivity contribution in [1.29, 1.82) is 0 Å². The van der Waals surface area contributed by atoms with Crippen LogP contribution in [0.2, 0.25) is 0 Å². The zero-order valence-electron chi connectivity index (χ0n) is 36.8. The molecule has 4 heterocycles. The van der Waals surface area contributed by atoms with Crippen LogP contribution < -0.4 is 11.5 Å². The minimum Gasteiger partial charge on any atom is -0.438 e. The fourth-order valence-corrected chi connectivity index (χ4v) is 9.78. The van der Waals surface area contributed by atoms with E-state index < -0.39 is 53.9 Å². The van der Waals surface area contributed by atoms with Crippen LogP contribution in [0.4, 0.5) is 10.5 Å². The van der Waals surface area contributed by atoms with Crippen LogP contribution in [0.3, 0.4) is 0 Å². The molecule has 328 valence electrons. The van der Waals surface area contributed by atoms with Crippen molar-refractivity contribution in [2.75, 3.05) is 39.6 Å². The fraction of sp³-hybridized carbons (Fsp3) is 0.791. The number of carbonyl (C=O) groups excluding carboxylic acids is 1. The Bertz CT molecular complexity index is 1630. The van der Waals surface area contributed by atoms with Crippen LogP contribution in [0, 0.1) is 23.7 Å². The number of rotatable bonds is 10. The molecule has 0 radical (unpaired) electrons. The number of benzene rings is 1. The highest BCUT2D eigenvalue weighted by atomic mass is 16.7. The number of carbonyl (C=O) groups is 1. The summed E-state index contributed by atoms with van der Waals surface area (Å²) in [7, 11) is 3.76. The van der Waals surface area contributed by atoms with Gasteiger partial charge in [0.25, 0.3) is 0 Å². The van der Waals surface area contributed by atoms with E-state index in [-0.39, 0.29) is 48.6 Å². The van der Waals surface area contributed by atoms with Crippen LogP contribution in [-0.4, -0.2) is 141 Å². The van der Waals surface area contributed by atoms with Crippen molar-refractivity contribution < 1.29 is 38.7 Å². The Balaban J connectivity index is 1.37. The molecule has 1 aromatic heterocycles. The molecule has 15 nitrogen and oxygen atoms in total. The van der Waals surface area contributed by atoms with Gasteiger partial charge in [-0.25, -0.2) is 4.79 Å². The molecular weight excluding hydrogens is 743 g/mol. The van der Waals surface area contributed by atoms with E-state index in [0.29, 0.717) is 38.2 Å². The number of amides is 1. The second-order valence-electron chi connectivity index (χ2n) is 18.1. The number of nitrogen functional groups attached to an aromatic ring is 1. The smallest absolute Gasteiger partial charge is 0.410 e. The van der Waals surface area contributed by atoms with Gasteiger partial charge >= 0.3 is 6.09 Å². The molecule has 1 amide bonds. The molecule has 5 rings (SSSR count). The summed E-state index contributed by atoms with van der Waals surface area (Å²) in [5, 5.41) is 31.9. The van der Waals surface area contributed by atoms with Gasteiger partial charge in [-0.1, -0.05) is 52.0 Å². The van der Waals surface area contributed by atoms with E-state index >= 15 is 0 Å². The second-order valence-corrected chi connectivity index (χ2v) is 18.1. The van der Waals surface area contributed by atoms with Crippen LogP contribution >= 0.6 is 0 Å². The highest BCUT2D eigenvalue weighted by Crippen LogP contribution is 2.41. The van der Waals surface area contributed by atoms with Crippen molar-refractivity contribution in [2.24, 2.45) is 29.4 Å². The Hall–Kier alpha value is -2.89. The quantitative estimate of drug-likeness (QED) is 0.193. The number of ether oxygens (including phenoxy) is 5. The number of hydrogen-bond acceptors (Lipinski definition) is 13. The van der Waals surface area contributed by atoms with Crippen molar-refractivity contribution >= 4 is 11.8 Å². The molecule has 3 saturated heterocycles. The molecule has 3 fully saturated rings. The molecule has 0 saturated carbocycles. The molecule has 0 bridgehead atoms. The number of aliphatic hydroxyl groups excluding tert-OH is 2. The first-order valence-electron chi connectivity index (χ1n) is 21.4. The van der Waals surface area contributed by atoms with Gasteiger partial charge < -0.3 is 50.3 Å². The number of likely N-dealkylation sites (N-methyl/N-ethyl adjacent to an activating group) is 1. The summed E-state index contributed by atoms with van der Waals surface area (Å²) in [4.78, 5) is 18.1. The van der Waals surface area contributed by atoms with E-state index in [1.165, 1.54) is 0 Å². The first-order chi connectivity index (χ1) is 27.3. The number of aromatic nitrogens is 3. The fourth-order valence-electron chi connectivity index (χ4n) is 9.78. The molecule has 15 heteroatoms. The highest BCUT2D eigenvalue weighted by molar-refractivity contribution is 5.72. The molecular formula is C43H73N7O8. The summed E-state index contributed by atoms with van der Waals surface area (Å²) in [6, 6.07) is 6.61. The Morgan fingerprint density at radius 3 is 2.41 bits per heavy atom. The number of aliphatic hydroxyl groups is 2. The Kier molecular flexibility index (Phi) is 15.3. The lowest BCUT2D eigenvalue weighted by atomic mass is 9.77. The molecule has 2 aromatic rings. The lowest BCUT2D eigenvalue weighted by molar-refractivity contribution is -0.303. The predicted molar refractivity (Wildman–Crippen MR) is 222 cm³/mol. The minimum atomic E-state index is -1.05. The summed E-state index contributed by atoms with van der Waals surface area (Å²) in [5.74, 6) is -0.760. The number of methoxy groups -OCH3 is 1. The van der Waals surface area contributed by atoms with E-state index in [4.69, 9.17) is 35.2 Å². The lowest BCUT2D eigenvalue weighted by Crippen LogP contribution is -2.61. The Morgan fingerprint density at radius 2 is 1.74 bits per heavy atom. The number of hydrogen-bond donors (Lipinski definition) is 4. The molecule has 0 spiro atoms. The molecule has 6 N–H and O–H groups in total. The topological polar surface area (TPSA) is 193 Å². The molecule has 3 aliphatic heterocycles. The van der Waals surface area contributed by atoms with E-state index in [9.17, 15) is 15.0 Å². The maximum Gasteiger partial charge on any atom is 0.410 e. The van der Waals surface area contributed by atoms with Gasteiger partial charge in [0.1, 0.15) is 11.8 Å². The van der Waals surface area contributed by atoms with Gasteiger partial charge in [-0.2, -0.15) is 0 Å².